The van der Waals surface area contributed by atoms with Gasteiger partial charge in [0.1, 0.15) is 5.82 Å². The monoisotopic (exact) mass is 342 g/mol. The molecule has 0 saturated heterocycles. The Morgan fingerprint density at radius 3 is 2.58 bits per heavy atom. The Balaban J connectivity index is 1.61. The highest BCUT2D eigenvalue weighted by atomic mass is 35.5. The maximum absolute atomic E-state index is 6.13. The van der Waals surface area contributed by atoms with Crippen molar-refractivity contribution in [3.63, 3.8) is 0 Å². The zero-order valence-corrected chi connectivity index (χ0v) is 14.7. The average molecular weight is 343 g/mol. The molecular weight excluding hydrogens is 320 g/mol. The predicted octanol–water partition coefficient (Wildman–Crippen LogP) is 5.41. The standard InChI is InChI=1S/C19H23ClN4/c1-12-6-9-14(20)10-16(12)22-18-11-17(13-7-8-13)23-19(24-18)21-15-4-2-3-5-15/h6,9-11,13,15H,2-5,7-8H2,1H3,(H2,21,22,23,24). The summed E-state index contributed by atoms with van der Waals surface area (Å²) in [5.74, 6) is 2.20. The Labute approximate surface area is 148 Å². The molecule has 5 heteroatoms. The molecule has 1 aromatic heterocycles. The lowest BCUT2D eigenvalue weighted by Gasteiger charge is -2.15. The number of benzene rings is 1. The molecule has 2 aliphatic rings. The third-order valence-corrected chi connectivity index (χ3v) is 5.13. The van der Waals surface area contributed by atoms with Gasteiger partial charge in [-0.05, 0) is 50.3 Å². The van der Waals surface area contributed by atoms with Gasteiger partial charge in [-0.1, -0.05) is 30.5 Å². The minimum Gasteiger partial charge on any atom is -0.351 e. The van der Waals surface area contributed by atoms with Crippen LogP contribution in [-0.4, -0.2) is 16.0 Å². The first kappa shape index (κ1) is 15.7. The lowest BCUT2D eigenvalue weighted by Crippen LogP contribution is -2.17. The SMILES string of the molecule is Cc1ccc(Cl)cc1Nc1cc(C2CC2)nc(NC2CCCC2)n1. The van der Waals surface area contributed by atoms with E-state index in [1.165, 1.54) is 38.5 Å². The molecule has 2 fully saturated rings. The quantitative estimate of drug-likeness (QED) is 0.762. The molecule has 0 unspecified atom stereocenters. The Morgan fingerprint density at radius 2 is 1.83 bits per heavy atom. The molecule has 24 heavy (non-hydrogen) atoms. The van der Waals surface area contributed by atoms with Crippen molar-refractivity contribution in [1.82, 2.24) is 9.97 Å². The van der Waals surface area contributed by atoms with Crippen LogP contribution < -0.4 is 10.6 Å². The zero-order valence-electron chi connectivity index (χ0n) is 14.0. The number of hydrogen-bond acceptors (Lipinski definition) is 4. The van der Waals surface area contributed by atoms with Crippen LogP contribution in [0, 0.1) is 6.92 Å². The van der Waals surface area contributed by atoms with Crippen LogP contribution in [0.1, 0.15) is 55.7 Å². The molecule has 0 atom stereocenters. The first-order valence-corrected chi connectivity index (χ1v) is 9.24. The van der Waals surface area contributed by atoms with E-state index in [1.807, 2.05) is 18.2 Å². The third-order valence-electron chi connectivity index (χ3n) is 4.89. The maximum atomic E-state index is 6.13. The first-order chi connectivity index (χ1) is 11.7. The van der Waals surface area contributed by atoms with Crippen molar-refractivity contribution < 1.29 is 0 Å². The molecule has 2 saturated carbocycles. The summed E-state index contributed by atoms with van der Waals surface area (Å²) in [6.07, 6.45) is 7.49. The van der Waals surface area contributed by atoms with Crippen LogP contribution in [0.4, 0.5) is 17.5 Å². The minimum absolute atomic E-state index is 0.514. The fourth-order valence-electron chi connectivity index (χ4n) is 3.30. The minimum atomic E-state index is 0.514. The molecule has 0 amide bonds. The number of nitrogens with one attached hydrogen (secondary N) is 2. The summed E-state index contributed by atoms with van der Waals surface area (Å²) in [6, 6.07) is 8.47. The van der Waals surface area contributed by atoms with Crippen molar-refractivity contribution in [3.05, 3.63) is 40.5 Å². The molecule has 4 rings (SSSR count). The van der Waals surface area contributed by atoms with E-state index in [2.05, 4.69) is 23.6 Å². The summed E-state index contributed by atoms with van der Waals surface area (Å²) < 4.78 is 0. The number of nitrogens with zero attached hydrogens (tertiary/aromatic N) is 2. The van der Waals surface area contributed by atoms with Gasteiger partial charge in [-0.2, -0.15) is 4.98 Å². The molecular formula is C19H23ClN4. The second kappa shape index (κ2) is 6.60. The van der Waals surface area contributed by atoms with E-state index in [-0.39, 0.29) is 0 Å². The molecule has 2 aliphatic carbocycles. The van der Waals surface area contributed by atoms with Crippen molar-refractivity contribution in [2.45, 2.75) is 57.4 Å². The second-order valence-electron chi connectivity index (χ2n) is 6.99. The molecule has 0 bridgehead atoms. The van der Waals surface area contributed by atoms with E-state index in [0.29, 0.717) is 12.0 Å². The molecule has 4 nitrogen and oxygen atoms in total. The molecule has 1 aromatic carbocycles. The van der Waals surface area contributed by atoms with Gasteiger partial charge in [0.05, 0.1) is 5.69 Å². The van der Waals surface area contributed by atoms with Crippen molar-refractivity contribution in [3.8, 4) is 0 Å². The summed E-state index contributed by atoms with van der Waals surface area (Å²) in [6.45, 7) is 2.07. The van der Waals surface area contributed by atoms with Crippen molar-refractivity contribution >= 4 is 29.1 Å². The lowest BCUT2D eigenvalue weighted by molar-refractivity contribution is 0.742. The van der Waals surface area contributed by atoms with Gasteiger partial charge in [0.15, 0.2) is 0 Å². The predicted molar refractivity (Wildman–Crippen MR) is 99.4 cm³/mol. The first-order valence-electron chi connectivity index (χ1n) is 8.86. The topological polar surface area (TPSA) is 49.8 Å². The van der Waals surface area contributed by atoms with Crippen LogP contribution in [0.15, 0.2) is 24.3 Å². The molecule has 2 N–H and O–H groups in total. The number of aromatic nitrogens is 2. The van der Waals surface area contributed by atoms with Gasteiger partial charge in [0.2, 0.25) is 5.95 Å². The van der Waals surface area contributed by atoms with Crippen molar-refractivity contribution in [2.24, 2.45) is 0 Å². The van der Waals surface area contributed by atoms with E-state index < -0.39 is 0 Å². The highest BCUT2D eigenvalue weighted by Gasteiger charge is 2.27. The van der Waals surface area contributed by atoms with Gasteiger partial charge in [-0.3, -0.25) is 0 Å². The van der Waals surface area contributed by atoms with Crippen LogP contribution in [0.25, 0.3) is 0 Å². The van der Waals surface area contributed by atoms with Gasteiger partial charge >= 0.3 is 0 Å². The Bertz CT molecular complexity index is 736. The van der Waals surface area contributed by atoms with Crippen LogP contribution in [0.5, 0.6) is 0 Å². The van der Waals surface area contributed by atoms with Crippen LogP contribution in [0.2, 0.25) is 5.02 Å². The van der Waals surface area contributed by atoms with Gasteiger partial charge in [0, 0.05) is 28.7 Å². The summed E-state index contributed by atoms with van der Waals surface area (Å²) >= 11 is 6.13. The highest BCUT2D eigenvalue weighted by Crippen LogP contribution is 2.40. The van der Waals surface area contributed by atoms with Crippen molar-refractivity contribution in [2.75, 3.05) is 10.6 Å². The van der Waals surface area contributed by atoms with Crippen LogP contribution in [-0.2, 0) is 0 Å². The fraction of sp³-hybridized carbons (Fsp3) is 0.474. The van der Waals surface area contributed by atoms with E-state index in [9.17, 15) is 0 Å². The summed E-state index contributed by atoms with van der Waals surface area (Å²) in [5, 5.41) is 7.68. The van der Waals surface area contributed by atoms with Crippen LogP contribution >= 0.6 is 11.6 Å². The normalized spacial score (nSPS) is 17.9. The third kappa shape index (κ3) is 3.64. The molecule has 2 aromatic rings. The van der Waals surface area contributed by atoms with E-state index in [4.69, 9.17) is 21.6 Å². The molecule has 0 spiro atoms. The van der Waals surface area contributed by atoms with Crippen LogP contribution in [0.3, 0.4) is 0 Å². The number of aryl methyl sites for hydroxylation is 1. The number of hydrogen-bond donors (Lipinski definition) is 2. The summed E-state index contributed by atoms with van der Waals surface area (Å²) in [4.78, 5) is 9.45. The number of rotatable bonds is 5. The van der Waals surface area contributed by atoms with Gasteiger partial charge in [0.25, 0.3) is 0 Å². The lowest BCUT2D eigenvalue weighted by atomic mass is 10.2. The van der Waals surface area contributed by atoms with Gasteiger partial charge < -0.3 is 10.6 Å². The molecule has 126 valence electrons. The Kier molecular flexibility index (Phi) is 4.31. The summed E-state index contributed by atoms with van der Waals surface area (Å²) in [5.41, 5.74) is 3.29. The number of anilines is 3. The molecule has 0 radical (unpaired) electrons. The highest BCUT2D eigenvalue weighted by molar-refractivity contribution is 6.30. The Hall–Kier alpha value is -1.81. The van der Waals surface area contributed by atoms with Crippen molar-refractivity contribution in [1.29, 1.82) is 0 Å². The zero-order chi connectivity index (χ0) is 16.5. The summed E-state index contributed by atoms with van der Waals surface area (Å²) in [7, 11) is 0. The Morgan fingerprint density at radius 1 is 1.04 bits per heavy atom. The van der Waals surface area contributed by atoms with E-state index >= 15 is 0 Å². The smallest absolute Gasteiger partial charge is 0.225 e. The molecule has 0 aliphatic heterocycles. The number of halogens is 1. The average Bonchev–Trinajstić information content (AvgIpc) is 3.29. The second-order valence-corrected chi connectivity index (χ2v) is 7.42. The van der Waals surface area contributed by atoms with Gasteiger partial charge in [-0.25, -0.2) is 4.98 Å². The fourth-order valence-corrected chi connectivity index (χ4v) is 3.47. The van der Waals surface area contributed by atoms with E-state index in [0.717, 1.165) is 33.7 Å². The van der Waals surface area contributed by atoms with Gasteiger partial charge in [-0.15, -0.1) is 0 Å². The maximum Gasteiger partial charge on any atom is 0.225 e. The van der Waals surface area contributed by atoms with E-state index in [1.54, 1.807) is 0 Å². The molecule has 1 heterocycles. The largest absolute Gasteiger partial charge is 0.351 e.